The summed E-state index contributed by atoms with van der Waals surface area (Å²) in [5.74, 6) is -0.637. The number of carboxylic acids is 1. The summed E-state index contributed by atoms with van der Waals surface area (Å²) in [6, 6.07) is 3.41. The summed E-state index contributed by atoms with van der Waals surface area (Å²) in [6.45, 7) is 0.280. The second kappa shape index (κ2) is 9.65. The van der Waals surface area contributed by atoms with E-state index in [0.717, 1.165) is 6.08 Å². The number of aromatic carboxylic acids is 1. The molecule has 1 aromatic heterocycles. The fourth-order valence-electron chi connectivity index (χ4n) is 3.06. The van der Waals surface area contributed by atoms with Crippen molar-refractivity contribution in [1.82, 2.24) is 4.98 Å². The van der Waals surface area contributed by atoms with Gasteiger partial charge in [0.25, 0.3) is 0 Å². The zero-order chi connectivity index (χ0) is 21.6. The number of carbonyl (C=O) groups excluding carboxylic acids is 1. The van der Waals surface area contributed by atoms with Crippen molar-refractivity contribution in [3.8, 4) is 28.4 Å². The lowest BCUT2D eigenvalue weighted by Crippen LogP contribution is -2.05. The second-order valence-electron chi connectivity index (χ2n) is 5.85. The number of aromatic amines is 1. The molecule has 0 unspecified atom stereocenters. The van der Waals surface area contributed by atoms with Crippen LogP contribution in [-0.4, -0.2) is 57.0 Å². The SMILES string of the molecule is COC(=O)C=Cc1c(C(=O)O)[nH]c(CCN)c1-c1ccc(OC)c(OC)c1OC. The average molecular weight is 404 g/mol. The van der Waals surface area contributed by atoms with Gasteiger partial charge < -0.3 is 34.8 Å². The number of hydrogen-bond acceptors (Lipinski definition) is 7. The Labute approximate surface area is 168 Å². The van der Waals surface area contributed by atoms with E-state index in [1.165, 1.54) is 34.5 Å². The summed E-state index contributed by atoms with van der Waals surface area (Å²) >= 11 is 0. The first-order chi connectivity index (χ1) is 13.9. The van der Waals surface area contributed by atoms with Crippen molar-refractivity contribution < 1.29 is 33.6 Å². The molecule has 0 saturated heterocycles. The number of carbonyl (C=O) groups is 2. The van der Waals surface area contributed by atoms with E-state index >= 15 is 0 Å². The molecule has 0 saturated carbocycles. The largest absolute Gasteiger partial charge is 0.493 e. The van der Waals surface area contributed by atoms with Crippen LogP contribution in [0, 0.1) is 0 Å². The van der Waals surface area contributed by atoms with Crippen molar-refractivity contribution in [3.05, 3.63) is 35.2 Å². The number of nitrogens with two attached hydrogens (primary N) is 1. The molecule has 2 aromatic rings. The van der Waals surface area contributed by atoms with Crippen LogP contribution in [0.2, 0.25) is 0 Å². The third-order valence-electron chi connectivity index (χ3n) is 4.29. The molecular formula is C20H24N2O7. The lowest BCUT2D eigenvalue weighted by atomic mass is 9.96. The topological polar surface area (TPSA) is 133 Å². The number of carboxylic acid groups (broad SMARTS) is 1. The van der Waals surface area contributed by atoms with E-state index in [2.05, 4.69) is 9.72 Å². The van der Waals surface area contributed by atoms with Crippen LogP contribution in [0.4, 0.5) is 0 Å². The molecule has 0 aliphatic carbocycles. The van der Waals surface area contributed by atoms with Gasteiger partial charge in [-0.05, 0) is 24.8 Å². The highest BCUT2D eigenvalue weighted by Crippen LogP contribution is 2.46. The predicted octanol–water partition coefficient (Wildman–Crippen LogP) is 2.09. The number of nitrogens with one attached hydrogen (secondary N) is 1. The van der Waals surface area contributed by atoms with Gasteiger partial charge >= 0.3 is 11.9 Å². The lowest BCUT2D eigenvalue weighted by Gasteiger charge is -2.17. The first-order valence-electron chi connectivity index (χ1n) is 8.66. The van der Waals surface area contributed by atoms with Crippen LogP contribution in [0.3, 0.4) is 0 Å². The Kier molecular flexibility index (Phi) is 7.27. The van der Waals surface area contributed by atoms with Crippen molar-refractivity contribution in [2.75, 3.05) is 35.0 Å². The van der Waals surface area contributed by atoms with Gasteiger partial charge in [-0.2, -0.15) is 0 Å². The molecule has 156 valence electrons. The summed E-state index contributed by atoms with van der Waals surface area (Å²) in [6.07, 6.45) is 2.91. The zero-order valence-corrected chi connectivity index (χ0v) is 16.7. The molecule has 4 N–H and O–H groups in total. The fourth-order valence-corrected chi connectivity index (χ4v) is 3.06. The van der Waals surface area contributed by atoms with Crippen molar-refractivity contribution in [1.29, 1.82) is 0 Å². The Morgan fingerprint density at radius 3 is 2.31 bits per heavy atom. The molecule has 9 heteroatoms. The van der Waals surface area contributed by atoms with Gasteiger partial charge in [-0.25, -0.2) is 9.59 Å². The Balaban J connectivity index is 2.88. The van der Waals surface area contributed by atoms with Crippen LogP contribution in [0.25, 0.3) is 17.2 Å². The number of ether oxygens (including phenoxy) is 4. The number of hydrogen-bond donors (Lipinski definition) is 3. The average Bonchev–Trinajstić information content (AvgIpc) is 3.09. The number of esters is 1. The number of rotatable bonds is 9. The van der Waals surface area contributed by atoms with Crippen molar-refractivity contribution in [2.45, 2.75) is 6.42 Å². The van der Waals surface area contributed by atoms with Gasteiger partial charge in [0.1, 0.15) is 5.69 Å². The monoisotopic (exact) mass is 404 g/mol. The summed E-state index contributed by atoms with van der Waals surface area (Å²) in [7, 11) is 5.68. The van der Waals surface area contributed by atoms with E-state index in [4.69, 9.17) is 19.9 Å². The second-order valence-corrected chi connectivity index (χ2v) is 5.85. The highest BCUT2D eigenvalue weighted by Gasteiger charge is 2.26. The van der Waals surface area contributed by atoms with Gasteiger partial charge in [-0.3, -0.25) is 0 Å². The maximum Gasteiger partial charge on any atom is 0.352 e. The molecule has 0 atom stereocenters. The molecule has 0 amide bonds. The molecule has 0 radical (unpaired) electrons. The maximum atomic E-state index is 11.8. The zero-order valence-electron chi connectivity index (χ0n) is 16.7. The molecule has 0 spiro atoms. The fraction of sp³-hybridized carbons (Fsp3) is 0.300. The first-order valence-corrected chi connectivity index (χ1v) is 8.66. The van der Waals surface area contributed by atoms with E-state index in [1.54, 1.807) is 12.1 Å². The summed E-state index contributed by atoms with van der Waals surface area (Å²) in [4.78, 5) is 26.3. The predicted molar refractivity (Wildman–Crippen MR) is 107 cm³/mol. The summed E-state index contributed by atoms with van der Waals surface area (Å²) in [5.41, 5.74) is 7.60. The van der Waals surface area contributed by atoms with Crippen LogP contribution in [0.1, 0.15) is 21.7 Å². The number of aromatic nitrogens is 1. The van der Waals surface area contributed by atoms with Gasteiger partial charge in [-0.15, -0.1) is 0 Å². The van der Waals surface area contributed by atoms with E-state index in [1.807, 2.05) is 0 Å². The normalized spacial score (nSPS) is 10.8. The van der Waals surface area contributed by atoms with Gasteiger partial charge in [0, 0.05) is 34.9 Å². The Morgan fingerprint density at radius 2 is 1.79 bits per heavy atom. The van der Waals surface area contributed by atoms with E-state index < -0.39 is 11.9 Å². The van der Waals surface area contributed by atoms with Crippen LogP contribution < -0.4 is 19.9 Å². The summed E-state index contributed by atoms with van der Waals surface area (Å²) < 4.78 is 20.9. The first kappa shape index (κ1) is 21.8. The van der Waals surface area contributed by atoms with Crippen LogP contribution in [0.5, 0.6) is 17.2 Å². The van der Waals surface area contributed by atoms with Crippen LogP contribution >= 0.6 is 0 Å². The third-order valence-corrected chi connectivity index (χ3v) is 4.29. The van der Waals surface area contributed by atoms with Crippen molar-refractivity contribution in [3.63, 3.8) is 0 Å². The van der Waals surface area contributed by atoms with Crippen molar-refractivity contribution in [2.24, 2.45) is 5.73 Å². The Hall–Kier alpha value is -3.46. The van der Waals surface area contributed by atoms with E-state index in [0.29, 0.717) is 40.5 Å². The van der Waals surface area contributed by atoms with E-state index in [-0.39, 0.29) is 17.8 Å². The molecule has 0 aliphatic heterocycles. The maximum absolute atomic E-state index is 11.8. The highest BCUT2D eigenvalue weighted by atomic mass is 16.5. The minimum absolute atomic E-state index is 0.0829. The van der Waals surface area contributed by atoms with Crippen LogP contribution in [-0.2, 0) is 16.0 Å². The Morgan fingerprint density at radius 1 is 1.10 bits per heavy atom. The van der Waals surface area contributed by atoms with E-state index in [9.17, 15) is 14.7 Å². The summed E-state index contributed by atoms with van der Waals surface area (Å²) in [5, 5.41) is 9.66. The molecule has 29 heavy (non-hydrogen) atoms. The lowest BCUT2D eigenvalue weighted by molar-refractivity contribution is -0.134. The molecular weight excluding hydrogens is 380 g/mol. The molecule has 9 nitrogen and oxygen atoms in total. The van der Waals surface area contributed by atoms with Gasteiger partial charge in [-0.1, -0.05) is 0 Å². The van der Waals surface area contributed by atoms with Gasteiger partial charge in [0.05, 0.1) is 28.4 Å². The molecule has 0 aliphatic rings. The minimum atomic E-state index is -1.18. The van der Waals surface area contributed by atoms with Crippen molar-refractivity contribution >= 4 is 18.0 Å². The molecule has 0 fully saturated rings. The third kappa shape index (κ3) is 4.35. The van der Waals surface area contributed by atoms with Crippen LogP contribution in [0.15, 0.2) is 18.2 Å². The highest BCUT2D eigenvalue weighted by molar-refractivity contribution is 5.99. The Bertz CT molecular complexity index is 931. The number of H-pyrrole nitrogens is 1. The van der Waals surface area contributed by atoms with Gasteiger partial charge in [0.2, 0.25) is 5.75 Å². The minimum Gasteiger partial charge on any atom is -0.493 e. The molecule has 2 rings (SSSR count). The molecule has 1 heterocycles. The molecule has 1 aromatic carbocycles. The van der Waals surface area contributed by atoms with Gasteiger partial charge in [0.15, 0.2) is 11.5 Å². The smallest absolute Gasteiger partial charge is 0.352 e. The molecule has 0 bridgehead atoms. The number of benzene rings is 1. The quantitative estimate of drug-likeness (QED) is 0.427. The number of methoxy groups -OCH3 is 4. The standard InChI is InChI=1S/C20H24N2O7/c1-26-14-7-5-12(18(28-3)19(14)29-4)16-11(6-8-15(23)27-2)17(20(24)25)22-13(16)9-10-21/h5-8,22H,9-10,21H2,1-4H3,(H,24,25).